The number of nitrogens with zero attached hydrogens (tertiary/aromatic N) is 7. The van der Waals surface area contributed by atoms with E-state index in [1.54, 1.807) is 7.11 Å². The fraction of sp³-hybridized carbons (Fsp3) is 0.400. The molecule has 0 aliphatic carbocycles. The Bertz CT molecular complexity index is 1330. The molecule has 2 aromatic heterocycles. The van der Waals surface area contributed by atoms with Gasteiger partial charge in [-0.05, 0) is 44.3 Å². The summed E-state index contributed by atoms with van der Waals surface area (Å²) in [5.74, 6) is 1.58. The molecular formula is C30H37N9O. The summed E-state index contributed by atoms with van der Waals surface area (Å²) >= 11 is 0. The molecule has 0 aromatic carbocycles. The lowest BCUT2D eigenvalue weighted by Crippen LogP contribution is -2.46. The molecule has 1 atom stereocenters. The highest BCUT2D eigenvalue weighted by Gasteiger charge is 2.27. The molecule has 208 valence electrons. The summed E-state index contributed by atoms with van der Waals surface area (Å²) in [5.41, 5.74) is 4.99. The molecule has 2 fully saturated rings. The van der Waals surface area contributed by atoms with Crippen molar-refractivity contribution in [2.24, 2.45) is 0 Å². The maximum absolute atomic E-state index is 9.67. The monoisotopic (exact) mass is 539 g/mol. The van der Waals surface area contributed by atoms with Crippen LogP contribution in [0.2, 0.25) is 0 Å². The second-order valence-electron chi connectivity index (χ2n) is 10.5. The van der Waals surface area contributed by atoms with Gasteiger partial charge in [0.15, 0.2) is 0 Å². The molecule has 5 rings (SSSR count). The number of anilines is 1. The number of pyridine rings is 2. The molecule has 0 saturated carbocycles. The number of rotatable bonds is 8. The molecule has 0 bridgehead atoms. The summed E-state index contributed by atoms with van der Waals surface area (Å²) < 4.78 is 5.16. The Morgan fingerprint density at radius 3 is 2.55 bits per heavy atom. The molecule has 2 saturated heterocycles. The van der Waals surface area contributed by atoms with Gasteiger partial charge in [0.1, 0.15) is 11.9 Å². The van der Waals surface area contributed by atoms with Gasteiger partial charge in [0.05, 0.1) is 24.1 Å². The van der Waals surface area contributed by atoms with Crippen LogP contribution in [0.1, 0.15) is 17.5 Å². The maximum atomic E-state index is 9.67. The number of piperazine rings is 1. The zero-order chi connectivity index (χ0) is 28.1. The minimum Gasteiger partial charge on any atom is -0.481 e. The zero-order valence-corrected chi connectivity index (χ0v) is 23.5. The molecule has 10 heteroatoms. The summed E-state index contributed by atoms with van der Waals surface area (Å²) in [4.78, 5) is 18.5. The molecule has 2 aromatic rings. The number of hydrogen-bond donors (Lipinski definition) is 2. The number of nitriles is 1. The molecule has 5 heterocycles. The zero-order valence-electron chi connectivity index (χ0n) is 23.5. The second-order valence-corrected chi connectivity index (χ2v) is 10.5. The lowest BCUT2D eigenvalue weighted by molar-refractivity contribution is 0.249. The third kappa shape index (κ3) is 6.01. The molecule has 0 spiro atoms. The fourth-order valence-corrected chi connectivity index (χ4v) is 5.43. The number of aromatic nitrogens is 2. The lowest BCUT2D eigenvalue weighted by atomic mass is 9.97. The van der Waals surface area contributed by atoms with Gasteiger partial charge in [0.25, 0.3) is 0 Å². The molecule has 40 heavy (non-hydrogen) atoms. The second kappa shape index (κ2) is 12.3. The highest BCUT2D eigenvalue weighted by atomic mass is 16.5. The topological polar surface area (TPSA) is 108 Å². The van der Waals surface area contributed by atoms with Crippen LogP contribution in [0.25, 0.3) is 5.57 Å². The van der Waals surface area contributed by atoms with Gasteiger partial charge in [-0.15, -0.1) is 0 Å². The normalized spacial score (nSPS) is 20.9. The number of ether oxygens (including phenoxy) is 1. The number of methoxy groups -OCH3 is 1. The van der Waals surface area contributed by atoms with Crippen LogP contribution in [0.4, 0.5) is 5.82 Å². The van der Waals surface area contributed by atoms with Crippen LogP contribution in [-0.2, 0) is 6.54 Å². The molecule has 3 aliphatic heterocycles. The minimum atomic E-state index is 0.293. The van der Waals surface area contributed by atoms with Crippen molar-refractivity contribution >= 4 is 17.6 Å². The van der Waals surface area contributed by atoms with E-state index in [-0.39, 0.29) is 0 Å². The predicted molar refractivity (Wildman–Crippen MR) is 157 cm³/mol. The summed E-state index contributed by atoms with van der Waals surface area (Å²) in [6, 6.07) is 10.8. The third-order valence-electron chi connectivity index (χ3n) is 7.89. The van der Waals surface area contributed by atoms with E-state index >= 15 is 0 Å². The minimum absolute atomic E-state index is 0.293. The standard InChI is InChI=1S/C30H37N9O/c1-36(2)25-8-9-39(21-25)26-14-27(30(35-19-26)24(15-31)16-32)23-5-6-28(33-18-23)38-12-10-37(11-13-38)20-22-4-7-29(40-3)34-17-22/h4-7,14-15,17-19,25,31,35H,8-13,20-21H2,1-3H3/b30-24+,31-15?. The Hall–Kier alpha value is -4.20. The quantitative estimate of drug-likeness (QED) is 0.387. The highest BCUT2D eigenvalue weighted by Crippen LogP contribution is 2.31. The molecule has 0 amide bonds. The van der Waals surface area contributed by atoms with E-state index < -0.39 is 0 Å². The van der Waals surface area contributed by atoms with Crippen LogP contribution < -0.4 is 15.0 Å². The first-order chi connectivity index (χ1) is 19.5. The molecule has 2 N–H and O–H groups in total. The van der Waals surface area contributed by atoms with Crippen molar-refractivity contribution in [1.29, 1.82) is 10.7 Å². The van der Waals surface area contributed by atoms with Gasteiger partial charge in [-0.25, -0.2) is 9.97 Å². The van der Waals surface area contributed by atoms with Crippen LogP contribution in [-0.4, -0.2) is 97.4 Å². The van der Waals surface area contributed by atoms with Crippen molar-refractivity contribution < 1.29 is 4.74 Å². The van der Waals surface area contributed by atoms with Crippen LogP contribution in [0, 0.1) is 16.7 Å². The summed E-state index contributed by atoms with van der Waals surface area (Å²) in [5, 5.41) is 20.8. The lowest BCUT2D eigenvalue weighted by Gasteiger charge is -2.35. The van der Waals surface area contributed by atoms with Gasteiger partial charge in [0, 0.05) is 93.9 Å². The number of likely N-dealkylation sites (N-methyl/N-ethyl adjacent to an activating group) is 1. The van der Waals surface area contributed by atoms with Crippen LogP contribution in [0.15, 0.2) is 65.9 Å². The van der Waals surface area contributed by atoms with Crippen molar-refractivity contribution in [2.45, 2.75) is 19.0 Å². The molecule has 10 nitrogen and oxygen atoms in total. The summed E-state index contributed by atoms with van der Waals surface area (Å²) in [6.07, 6.45) is 10.0. The van der Waals surface area contributed by atoms with Crippen LogP contribution in [0.5, 0.6) is 5.88 Å². The number of dihydropyridines is 1. The van der Waals surface area contributed by atoms with E-state index in [4.69, 9.17) is 15.1 Å². The van der Waals surface area contributed by atoms with E-state index in [1.807, 2.05) is 24.7 Å². The third-order valence-corrected chi connectivity index (χ3v) is 7.89. The van der Waals surface area contributed by atoms with Crippen molar-refractivity contribution in [2.75, 3.05) is 65.4 Å². The summed E-state index contributed by atoms with van der Waals surface area (Å²) in [7, 11) is 5.88. The van der Waals surface area contributed by atoms with Gasteiger partial charge < -0.3 is 30.2 Å². The van der Waals surface area contributed by atoms with E-state index in [0.29, 0.717) is 23.2 Å². The molecular weight excluding hydrogens is 502 g/mol. The largest absolute Gasteiger partial charge is 0.481 e. The van der Waals surface area contributed by atoms with E-state index in [1.165, 1.54) is 5.56 Å². The molecule has 3 aliphatic rings. The average Bonchev–Trinajstić information content (AvgIpc) is 3.50. The first kappa shape index (κ1) is 27.4. The maximum Gasteiger partial charge on any atom is 0.212 e. The fourth-order valence-electron chi connectivity index (χ4n) is 5.43. The van der Waals surface area contributed by atoms with Crippen molar-refractivity contribution in [1.82, 2.24) is 30.0 Å². The van der Waals surface area contributed by atoms with Gasteiger partial charge in [-0.1, -0.05) is 6.07 Å². The Labute approximate surface area is 236 Å². The average molecular weight is 540 g/mol. The van der Waals surface area contributed by atoms with Crippen molar-refractivity contribution in [3.63, 3.8) is 0 Å². The van der Waals surface area contributed by atoms with Crippen LogP contribution >= 0.6 is 0 Å². The van der Waals surface area contributed by atoms with Crippen LogP contribution in [0.3, 0.4) is 0 Å². The Kier molecular flexibility index (Phi) is 8.43. The van der Waals surface area contributed by atoms with Gasteiger partial charge in [0.2, 0.25) is 5.88 Å². The Morgan fingerprint density at radius 2 is 1.95 bits per heavy atom. The predicted octanol–water partition coefficient (Wildman–Crippen LogP) is 2.70. The number of likely N-dealkylation sites (tertiary alicyclic amines) is 1. The van der Waals surface area contributed by atoms with Crippen molar-refractivity contribution in [3.05, 3.63) is 77.0 Å². The Morgan fingerprint density at radius 1 is 1.12 bits per heavy atom. The molecule has 1 unspecified atom stereocenters. The molecule has 0 radical (unpaired) electrons. The first-order valence-corrected chi connectivity index (χ1v) is 13.7. The van der Waals surface area contributed by atoms with E-state index in [2.05, 4.69) is 74.3 Å². The first-order valence-electron chi connectivity index (χ1n) is 13.7. The number of nitrogens with one attached hydrogen (secondary N) is 2. The highest BCUT2D eigenvalue weighted by molar-refractivity contribution is 5.93. The Balaban J connectivity index is 1.28. The van der Waals surface area contributed by atoms with Gasteiger partial charge >= 0.3 is 0 Å². The van der Waals surface area contributed by atoms with Crippen molar-refractivity contribution in [3.8, 4) is 11.9 Å². The number of hydrogen-bond acceptors (Lipinski definition) is 10. The van der Waals surface area contributed by atoms with Gasteiger partial charge in [-0.2, -0.15) is 5.26 Å². The van der Waals surface area contributed by atoms with E-state index in [9.17, 15) is 5.26 Å². The smallest absolute Gasteiger partial charge is 0.212 e. The number of allylic oxidation sites excluding steroid dienone is 3. The van der Waals surface area contributed by atoms with Gasteiger partial charge in [-0.3, -0.25) is 4.90 Å². The summed E-state index contributed by atoms with van der Waals surface area (Å²) in [6.45, 7) is 6.48. The van der Waals surface area contributed by atoms with E-state index in [0.717, 1.165) is 81.1 Å². The SMILES string of the molecule is COc1ccc(CN2CCN(c3ccc(C4=CC(N5CCC(N(C)C)C5)=CN/C4=C(/C#N)C=N)cn3)CC2)cn1.